The van der Waals surface area contributed by atoms with Gasteiger partial charge in [0.2, 0.25) is 12.7 Å². The molecule has 11 nitrogen and oxygen atoms in total. The summed E-state index contributed by atoms with van der Waals surface area (Å²) in [5, 5.41) is 9.35. The van der Waals surface area contributed by atoms with E-state index in [-0.39, 0.29) is 36.6 Å². The number of benzene rings is 1. The second-order valence-corrected chi connectivity index (χ2v) is 7.56. The summed E-state index contributed by atoms with van der Waals surface area (Å²) in [6.45, 7) is 5.82. The maximum atomic E-state index is 12.5. The predicted molar refractivity (Wildman–Crippen MR) is 114 cm³/mol. The fourth-order valence-corrected chi connectivity index (χ4v) is 3.10. The van der Waals surface area contributed by atoms with Crippen LogP contribution in [0.3, 0.4) is 0 Å². The van der Waals surface area contributed by atoms with Crippen LogP contribution in [-0.2, 0) is 16.1 Å². The van der Waals surface area contributed by atoms with E-state index in [4.69, 9.17) is 9.47 Å². The molecule has 0 atom stereocenters. The average Bonchev–Trinajstić information content (AvgIpc) is 3.37. The Morgan fingerprint density at radius 2 is 1.94 bits per heavy atom. The van der Waals surface area contributed by atoms with E-state index in [9.17, 15) is 14.4 Å². The molecule has 0 aliphatic carbocycles. The number of aromatic nitrogens is 4. The van der Waals surface area contributed by atoms with E-state index in [1.807, 2.05) is 13.8 Å². The van der Waals surface area contributed by atoms with E-state index in [2.05, 4.69) is 25.7 Å². The molecule has 3 aromatic rings. The molecule has 0 spiro atoms. The Kier molecular flexibility index (Phi) is 5.63. The SMILES string of the molecule is Cc1cc(NC(=O)C(=O)NCc2ccc3c(c2)OCO3)n(-c2nc(C(C)C)cc(=O)[nH]2)n1. The quantitative estimate of drug-likeness (QED) is 0.511. The van der Waals surface area contributed by atoms with E-state index in [0.29, 0.717) is 22.9 Å². The Morgan fingerprint density at radius 1 is 1.16 bits per heavy atom. The molecule has 11 heteroatoms. The zero-order valence-electron chi connectivity index (χ0n) is 17.8. The highest BCUT2D eigenvalue weighted by Gasteiger charge is 2.19. The van der Waals surface area contributed by atoms with Crippen molar-refractivity contribution in [3.63, 3.8) is 0 Å². The van der Waals surface area contributed by atoms with Crippen molar-refractivity contribution in [1.29, 1.82) is 0 Å². The number of carbonyl (C=O) groups is 2. The van der Waals surface area contributed by atoms with Crippen molar-refractivity contribution in [2.45, 2.75) is 33.2 Å². The van der Waals surface area contributed by atoms with Gasteiger partial charge >= 0.3 is 11.8 Å². The van der Waals surface area contributed by atoms with Crippen molar-refractivity contribution < 1.29 is 19.1 Å². The van der Waals surface area contributed by atoms with E-state index < -0.39 is 11.8 Å². The zero-order valence-corrected chi connectivity index (χ0v) is 17.8. The molecule has 0 bridgehead atoms. The van der Waals surface area contributed by atoms with Crippen LogP contribution >= 0.6 is 0 Å². The van der Waals surface area contributed by atoms with Crippen LogP contribution in [0.25, 0.3) is 5.95 Å². The lowest BCUT2D eigenvalue weighted by atomic mass is 10.1. The van der Waals surface area contributed by atoms with Crippen LogP contribution in [0.4, 0.5) is 5.82 Å². The number of hydrogen-bond donors (Lipinski definition) is 3. The highest BCUT2D eigenvalue weighted by atomic mass is 16.7. The van der Waals surface area contributed by atoms with Gasteiger partial charge in [-0.1, -0.05) is 19.9 Å². The van der Waals surface area contributed by atoms with Crippen LogP contribution in [0, 0.1) is 6.92 Å². The lowest BCUT2D eigenvalue weighted by molar-refractivity contribution is -0.136. The number of carbonyl (C=O) groups excluding carboxylic acids is 2. The molecule has 3 heterocycles. The fourth-order valence-electron chi connectivity index (χ4n) is 3.10. The number of fused-ring (bicyclic) bond motifs is 1. The number of nitrogens with one attached hydrogen (secondary N) is 3. The summed E-state index contributed by atoms with van der Waals surface area (Å²) < 4.78 is 11.8. The normalized spacial score (nSPS) is 12.1. The third-order valence-electron chi connectivity index (χ3n) is 4.71. The van der Waals surface area contributed by atoms with E-state index >= 15 is 0 Å². The van der Waals surface area contributed by atoms with Gasteiger partial charge in [0.25, 0.3) is 5.56 Å². The number of rotatable bonds is 5. The number of nitrogens with zero attached hydrogens (tertiary/aromatic N) is 3. The summed E-state index contributed by atoms with van der Waals surface area (Å²) in [6.07, 6.45) is 0. The minimum absolute atomic E-state index is 0.0210. The number of H-pyrrole nitrogens is 1. The van der Waals surface area contributed by atoms with Crippen LogP contribution < -0.4 is 25.7 Å². The van der Waals surface area contributed by atoms with Crippen molar-refractivity contribution >= 4 is 17.6 Å². The predicted octanol–water partition coefficient (Wildman–Crippen LogP) is 1.37. The number of anilines is 1. The first-order valence-electron chi connectivity index (χ1n) is 9.96. The molecule has 2 aromatic heterocycles. The Bertz CT molecular complexity index is 1250. The molecule has 0 unspecified atom stereocenters. The average molecular weight is 438 g/mol. The molecule has 1 aliphatic heterocycles. The van der Waals surface area contributed by atoms with Gasteiger partial charge in [-0.2, -0.15) is 9.78 Å². The lowest BCUT2D eigenvalue weighted by Gasteiger charge is -2.10. The Labute approximate surface area is 182 Å². The second kappa shape index (κ2) is 8.53. The first kappa shape index (κ1) is 21.1. The number of hydrogen-bond acceptors (Lipinski definition) is 7. The van der Waals surface area contributed by atoms with Gasteiger partial charge in [-0.3, -0.25) is 19.4 Å². The number of ether oxygens (including phenoxy) is 2. The summed E-state index contributed by atoms with van der Waals surface area (Å²) in [5.74, 6) is -0.118. The minimum Gasteiger partial charge on any atom is -0.454 e. The molecule has 32 heavy (non-hydrogen) atoms. The smallest absolute Gasteiger partial charge is 0.314 e. The first-order chi connectivity index (χ1) is 15.3. The first-order valence-corrected chi connectivity index (χ1v) is 9.96. The fraction of sp³-hybridized carbons (Fsp3) is 0.286. The van der Waals surface area contributed by atoms with Crippen molar-refractivity contribution in [2.75, 3.05) is 12.1 Å². The standard InChI is InChI=1S/C21H22N6O5/c1-11(2)14-8-18(28)25-21(23-14)27-17(6-12(3)26-27)24-20(30)19(29)22-9-13-4-5-15-16(7-13)32-10-31-15/h4-8,11H,9-10H2,1-3H3,(H,22,29)(H,24,30)(H,23,25,28). The monoisotopic (exact) mass is 438 g/mol. The summed E-state index contributed by atoms with van der Waals surface area (Å²) >= 11 is 0. The molecule has 0 saturated heterocycles. The maximum Gasteiger partial charge on any atom is 0.314 e. The molecule has 4 rings (SSSR count). The molecular formula is C21H22N6O5. The number of aryl methyl sites for hydroxylation is 1. The summed E-state index contributed by atoms with van der Waals surface area (Å²) in [5.41, 5.74) is 1.56. The van der Waals surface area contributed by atoms with E-state index in [1.165, 1.54) is 10.7 Å². The van der Waals surface area contributed by atoms with Crippen molar-refractivity contribution in [1.82, 2.24) is 25.1 Å². The molecule has 0 radical (unpaired) electrons. The minimum atomic E-state index is -0.880. The Hall–Kier alpha value is -4.15. The molecule has 0 saturated carbocycles. The van der Waals surface area contributed by atoms with Gasteiger partial charge in [0, 0.05) is 18.7 Å². The van der Waals surface area contributed by atoms with Gasteiger partial charge < -0.3 is 20.1 Å². The summed E-state index contributed by atoms with van der Waals surface area (Å²) in [7, 11) is 0. The van der Waals surface area contributed by atoms with Gasteiger partial charge in [0.1, 0.15) is 5.82 Å². The van der Waals surface area contributed by atoms with Crippen molar-refractivity contribution in [2.24, 2.45) is 0 Å². The third kappa shape index (κ3) is 4.46. The van der Waals surface area contributed by atoms with Crippen molar-refractivity contribution in [3.05, 3.63) is 57.6 Å². The molecular weight excluding hydrogens is 416 g/mol. The van der Waals surface area contributed by atoms with Gasteiger partial charge in [-0.25, -0.2) is 4.98 Å². The molecule has 2 amide bonds. The zero-order chi connectivity index (χ0) is 22.8. The molecule has 3 N–H and O–H groups in total. The summed E-state index contributed by atoms with van der Waals surface area (Å²) in [4.78, 5) is 43.8. The topological polar surface area (TPSA) is 140 Å². The highest BCUT2D eigenvalue weighted by molar-refractivity contribution is 6.39. The second-order valence-electron chi connectivity index (χ2n) is 7.56. The van der Waals surface area contributed by atoms with E-state index in [0.717, 1.165) is 5.56 Å². The van der Waals surface area contributed by atoms with Crippen molar-refractivity contribution in [3.8, 4) is 17.4 Å². The number of amides is 2. The van der Waals surface area contributed by atoms with Gasteiger partial charge in [-0.15, -0.1) is 0 Å². The van der Waals surface area contributed by atoms with Crippen LogP contribution in [0.1, 0.15) is 36.7 Å². The van der Waals surface area contributed by atoms with Crippen LogP contribution in [0.15, 0.2) is 35.1 Å². The molecule has 1 aliphatic rings. The Morgan fingerprint density at radius 3 is 2.72 bits per heavy atom. The van der Waals surface area contributed by atoms with Crippen LogP contribution in [0.2, 0.25) is 0 Å². The van der Waals surface area contributed by atoms with Crippen LogP contribution in [0.5, 0.6) is 11.5 Å². The largest absolute Gasteiger partial charge is 0.454 e. The Balaban J connectivity index is 1.47. The molecule has 0 fully saturated rings. The third-order valence-corrected chi connectivity index (χ3v) is 4.71. The molecule has 1 aromatic carbocycles. The number of aromatic amines is 1. The van der Waals surface area contributed by atoms with E-state index in [1.54, 1.807) is 31.2 Å². The van der Waals surface area contributed by atoms with Crippen LogP contribution in [-0.4, -0.2) is 38.4 Å². The summed E-state index contributed by atoms with van der Waals surface area (Å²) in [6, 6.07) is 8.23. The lowest BCUT2D eigenvalue weighted by Crippen LogP contribution is -2.35. The van der Waals surface area contributed by atoms with Gasteiger partial charge in [0.05, 0.1) is 11.4 Å². The maximum absolute atomic E-state index is 12.5. The molecule has 166 valence electrons. The highest BCUT2D eigenvalue weighted by Crippen LogP contribution is 2.32. The van der Waals surface area contributed by atoms with Gasteiger partial charge in [0.15, 0.2) is 11.5 Å². The van der Waals surface area contributed by atoms with Gasteiger partial charge in [-0.05, 0) is 30.5 Å².